The summed E-state index contributed by atoms with van der Waals surface area (Å²) in [4.78, 5) is 12.5. The van der Waals surface area contributed by atoms with E-state index < -0.39 is 0 Å². The molecule has 0 saturated heterocycles. The quantitative estimate of drug-likeness (QED) is 0.714. The number of aromatic nitrogens is 2. The van der Waals surface area contributed by atoms with Crippen LogP contribution in [-0.2, 0) is 0 Å². The second-order valence-electron chi connectivity index (χ2n) is 3.97. The van der Waals surface area contributed by atoms with E-state index in [1.807, 2.05) is 6.07 Å². The van der Waals surface area contributed by atoms with Crippen LogP contribution in [0, 0.1) is 0 Å². The van der Waals surface area contributed by atoms with Gasteiger partial charge in [-0.1, -0.05) is 6.92 Å². The van der Waals surface area contributed by atoms with Gasteiger partial charge in [0.15, 0.2) is 0 Å². The van der Waals surface area contributed by atoms with Crippen LogP contribution >= 0.6 is 11.6 Å². The minimum Gasteiger partial charge on any atom is -0.355 e. The van der Waals surface area contributed by atoms with Gasteiger partial charge in [-0.3, -0.25) is 0 Å². The lowest BCUT2D eigenvalue weighted by atomic mass is 10.3. The van der Waals surface area contributed by atoms with Crippen molar-refractivity contribution in [3.8, 4) is 0 Å². The van der Waals surface area contributed by atoms with Crippen LogP contribution in [0.25, 0.3) is 0 Å². The highest BCUT2D eigenvalue weighted by molar-refractivity contribution is 6.28. The van der Waals surface area contributed by atoms with E-state index in [0.717, 1.165) is 31.9 Å². The second-order valence-corrected chi connectivity index (χ2v) is 4.31. The fraction of sp³-hybridized carbons (Fsp3) is 0.636. The average molecular weight is 243 g/mol. The third kappa shape index (κ3) is 4.33. The lowest BCUT2D eigenvalue weighted by Gasteiger charge is -2.24. The second kappa shape index (κ2) is 6.66. The Morgan fingerprint density at radius 3 is 2.56 bits per heavy atom. The van der Waals surface area contributed by atoms with Crippen molar-refractivity contribution in [1.82, 2.24) is 14.9 Å². The molecule has 0 aliphatic heterocycles. The summed E-state index contributed by atoms with van der Waals surface area (Å²) in [5.41, 5.74) is 0. The Kier molecular flexibility index (Phi) is 5.49. The van der Waals surface area contributed by atoms with Gasteiger partial charge in [0.25, 0.3) is 0 Å². The van der Waals surface area contributed by atoms with Crippen LogP contribution in [0.5, 0.6) is 0 Å². The first-order valence-electron chi connectivity index (χ1n) is 5.51. The first kappa shape index (κ1) is 13.2. The summed E-state index contributed by atoms with van der Waals surface area (Å²) in [5, 5.41) is 0.309. The molecule has 5 heteroatoms. The van der Waals surface area contributed by atoms with Crippen LogP contribution < -0.4 is 4.90 Å². The van der Waals surface area contributed by atoms with E-state index >= 15 is 0 Å². The summed E-state index contributed by atoms with van der Waals surface area (Å²) in [6.07, 6.45) is 2.79. The third-order valence-electron chi connectivity index (χ3n) is 2.25. The van der Waals surface area contributed by atoms with Gasteiger partial charge in [0.2, 0.25) is 5.28 Å². The molecule has 1 aromatic rings. The minimum atomic E-state index is 0.309. The van der Waals surface area contributed by atoms with Crippen LogP contribution in [0.2, 0.25) is 5.28 Å². The lowest BCUT2D eigenvalue weighted by molar-refractivity contribution is 0.412. The molecule has 1 rings (SSSR count). The van der Waals surface area contributed by atoms with Gasteiger partial charge < -0.3 is 9.80 Å². The van der Waals surface area contributed by atoms with Gasteiger partial charge in [0.05, 0.1) is 0 Å². The van der Waals surface area contributed by atoms with E-state index in [-0.39, 0.29) is 0 Å². The number of hydrogen-bond donors (Lipinski definition) is 0. The zero-order chi connectivity index (χ0) is 12.0. The van der Waals surface area contributed by atoms with Gasteiger partial charge in [-0.25, -0.2) is 9.97 Å². The molecule has 0 atom stereocenters. The summed E-state index contributed by atoms with van der Waals surface area (Å²) in [5.74, 6) is 0.906. The average Bonchev–Trinajstić information content (AvgIpc) is 2.24. The van der Waals surface area contributed by atoms with E-state index in [2.05, 4.69) is 40.8 Å². The maximum atomic E-state index is 5.79. The molecule has 90 valence electrons. The predicted molar refractivity (Wildman–Crippen MR) is 68.1 cm³/mol. The molecule has 0 N–H and O–H groups in total. The lowest BCUT2D eigenvalue weighted by Crippen LogP contribution is -2.32. The zero-order valence-electron chi connectivity index (χ0n) is 10.1. The SMILES string of the molecule is CCCN(CCN(C)C)c1ccnc(Cl)n1. The van der Waals surface area contributed by atoms with Crippen LogP contribution in [0.15, 0.2) is 12.3 Å². The molecule has 0 radical (unpaired) electrons. The van der Waals surface area contributed by atoms with Gasteiger partial charge in [-0.15, -0.1) is 0 Å². The molecular weight excluding hydrogens is 224 g/mol. The first-order chi connectivity index (χ1) is 7.63. The smallest absolute Gasteiger partial charge is 0.224 e. The fourth-order valence-corrected chi connectivity index (χ4v) is 1.58. The largest absolute Gasteiger partial charge is 0.355 e. The molecule has 0 amide bonds. The van der Waals surface area contributed by atoms with Crippen molar-refractivity contribution in [2.45, 2.75) is 13.3 Å². The summed E-state index contributed by atoms with van der Waals surface area (Å²) in [6, 6.07) is 1.90. The molecule has 0 unspecified atom stereocenters. The Morgan fingerprint density at radius 2 is 2.00 bits per heavy atom. The van der Waals surface area contributed by atoms with Gasteiger partial charge in [-0.05, 0) is 38.2 Å². The van der Waals surface area contributed by atoms with Crippen molar-refractivity contribution in [3.05, 3.63) is 17.5 Å². The van der Waals surface area contributed by atoms with Crippen molar-refractivity contribution in [2.75, 3.05) is 38.6 Å². The summed E-state index contributed by atoms with van der Waals surface area (Å²) in [7, 11) is 4.13. The van der Waals surface area contributed by atoms with Crippen molar-refractivity contribution >= 4 is 17.4 Å². The zero-order valence-corrected chi connectivity index (χ0v) is 10.9. The number of likely N-dealkylation sites (N-methyl/N-ethyl adjacent to an activating group) is 1. The molecule has 0 aliphatic rings. The predicted octanol–water partition coefficient (Wildman–Crippen LogP) is 1.91. The Hall–Kier alpha value is -0.870. The number of hydrogen-bond acceptors (Lipinski definition) is 4. The van der Waals surface area contributed by atoms with E-state index in [0.29, 0.717) is 5.28 Å². The van der Waals surface area contributed by atoms with Gasteiger partial charge in [0, 0.05) is 25.8 Å². The Balaban J connectivity index is 2.68. The highest BCUT2D eigenvalue weighted by atomic mass is 35.5. The fourth-order valence-electron chi connectivity index (χ4n) is 1.43. The molecule has 0 aliphatic carbocycles. The number of nitrogens with zero attached hydrogens (tertiary/aromatic N) is 4. The number of rotatable bonds is 6. The highest BCUT2D eigenvalue weighted by Crippen LogP contribution is 2.12. The van der Waals surface area contributed by atoms with Crippen molar-refractivity contribution < 1.29 is 0 Å². The van der Waals surface area contributed by atoms with Crippen LogP contribution in [0.4, 0.5) is 5.82 Å². The Labute approximate surface area is 102 Å². The molecule has 0 bridgehead atoms. The molecule has 16 heavy (non-hydrogen) atoms. The number of halogens is 1. The molecular formula is C11H19ClN4. The first-order valence-corrected chi connectivity index (χ1v) is 5.89. The van der Waals surface area contributed by atoms with Crippen LogP contribution in [0.3, 0.4) is 0 Å². The summed E-state index contributed by atoms with van der Waals surface area (Å²) >= 11 is 5.79. The maximum absolute atomic E-state index is 5.79. The van der Waals surface area contributed by atoms with Gasteiger partial charge >= 0.3 is 0 Å². The van der Waals surface area contributed by atoms with Crippen molar-refractivity contribution in [2.24, 2.45) is 0 Å². The summed E-state index contributed by atoms with van der Waals surface area (Å²) in [6.45, 7) is 5.10. The van der Waals surface area contributed by atoms with E-state index in [1.165, 1.54) is 0 Å². The molecule has 4 nitrogen and oxygen atoms in total. The molecule has 1 aromatic heterocycles. The topological polar surface area (TPSA) is 32.3 Å². The number of anilines is 1. The molecule has 0 saturated carbocycles. The molecule has 0 spiro atoms. The summed E-state index contributed by atoms with van der Waals surface area (Å²) < 4.78 is 0. The van der Waals surface area contributed by atoms with Crippen molar-refractivity contribution in [3.63, 3.8) is 0 Å². The normalized spacial score (nSPS) is 10.8. The molecule has 0 fully saturated rings. The van der Waals surface area contributed by atoms with E-state index in [9.17, 15) is 0 Å². The Morgan fingerprint density at radius 1 is 1.25 bits per heavy atom. The monoisotopic (exact) mass is 242 g/mol. The standard InChI is InChI=1S/C11H19ClN4/c1-4-7-16(9-8-15(2)3)10-5-6-13-11(12)14-10/h5-6H,4,7-9H2,1-3H3. The Bertz CT molecular complexity index is 317. The minimum absolute atomic E-state index is 0.309. The highest BCUT2D eigenvalue weighted by Gasteiger charge is 2.07. The van der Waals surface area contributed by atoms with Crippen molar-refractivity contribution in [1.29, 1.82) is 0 Å². The molecule has 0 aromatic carbocycles. The van der Waals surface area contributed by atoms with E-state index in [4.69, 9.17) is 11.6 Å². The van der Waals surface area contributed by atoms with Gasteiger partial charge in [-0.2, -0.15) is 0 Å². The maximum Gasteiger partial charge on any atom is 0.224 e. The van der Waals surface area contributed by atoms with Crippen LogP contribution in [0.1, 0.15) is 13.3 Å². The molecule has 1 heterocycles. The van der Waals surface area contributed by atoms with Crippen LogP contribution in [-0.4, -0.2) is 48.6 Å². The third-order valence-corrected chi connectivity index (χ3v) is 2.43. The van der Waals surface area contributed by atoms with E-state index in [1.54, 1.807) is 6.20 Å². The van der Waals surface area contributed by atoms with Gasteiger partial charge in [0.1, 0.15) is 5.82 Å².